The molecule has 2 N–H and O–H groups in total. The summed E-state index contributed by atoms with van der Waals surface area (Å²) in [6.07, 6.45) is 8.16. The number of hydrogen-bond acceptors (Lipinski definition) is 3. The summed E-state index contributed by atoms with van der Waals surface area (Å²) in [7, 11) is 0. The Hall–Kier alpha value is -2.49. The SMILES string of the molecule is CCCCCCCOc1cccc2cccc(/C=C3\NNC(=O)C3(C)C)c12. The molecular weight excluding hydrogens is 336 g/mol. The molecule has 1 fully saturated rings. The van der Waals surface area contributed by atoms with Crippen molar-refractivity contribution in [2.75, 3.05) is 6.61 Å². The van der Waals surface area contributed by atoms with E-state index in [0.717, 1.165) is 40.8 Å². The lowest BCUT2D eigenvalue weighted by atomic mass is 9.88. The van der Waals surface area contributed by atoms with E-state index >= 15 is 0 Å². The van der Waals surface area contributed by atoms with Gasteiger partial charge in [-0.3, -0.25) is 10.2 Å². The largest absolute Gasteiger partial charge is 0.493 e. The molecule has 3 rings (SSSR count). The van der Waals surface area contributed by atoms with Crippen LogP contribution in [0.3, 0.4) is 0 Å². The van der Waals surface area contributed by atoms with E-state index in [1.165, 1.54) is 25.7 Å². The van der Waals surface area contributed by atoms with Gasteiger partial charge in [-0.2, -0.15) is 0 Å². The van der Waals surface area contributed by atoms with Gasteiger partial charge >= 0.3 is 0 Å². The van der Waals surface area contributed by atoms with Crippen LogP contribution in [-0.4, -0.2) is 12.5 Å². The highest BCUT2D eigenvalue weighted by Gasteiger charge is 2.37. The normalized spacial score (nSPS) is 17.1. The van der Waals surface area contributed by atoms with E-state index in [2.05, 4.69) is 36.0 Å². The predicted octanol–water partition coefficient (Wildman–Crippen LogP) is 5.19. The van der Waals surface area contributed by atoms with Crippen LogP contribution in [0.1, 0.15) is 58.4 Å². The van der Waals surface area contributed by atoms with Gasteiger partial charge in [0.25, 0.3) is 0 Å². The van der Waals surface area contributed by atoms with Gasteiger partial charge in [-0.1, -0.05) is 62.9 Å². The van der Waals surface area contributed by atoms with Crippen molar-refractivity contribution in [2.45, 2.75) is 52.9 Å². The Balaban J connectivity index is 1.85. The summed E-state index contributed by atoms with van der Waals surface area (Å²) in [5.74, 6) is 0.892. The third-order valence-electron chi connectivity index (χ3n) is 5.26. The van der Waals surface area contributed by atoms with E-state index < -0.39 is 5.41 Å². The zero-order valence-electron chi connectivity index (χ0n) is 16.6. The first-order chi connectivity index (χ1) is 13.0. The zero-order valence-corrected chi connectivity index (χ0v) is 16.6. The summed E-state index contributed by atoms with van der Waals surface area (Å²) >= 11 is 0. The molecule has 2 aromatic rings. The second kappa shape index (κ2) is 8.47. The first-order valence-corrected chi connectivity index (χ1v) is 9.97. The van der Waals surface area contributed by atoms with E-state index in [9.17, 15) is 4.79 Å². The molecule has 0 unspecified atom stereocenters. The monoisotopic (exact) mass is 366 g/mol. The Bertz CT molecular complexity index is 834. The maximum absolute atomic E-state index is 12.0. The van der Waals surface area contributed by atoms with Gasteiger partial charge in [-0.25, -0.2) is 0 Å². The summed E-state index contributed by atoms with van der Waals surface area (Å²) < 4.78 is 6.15. The van der Waals surface area contributed by atoms with Crippen molar-refractivity contribution in [3.05, 3.63) is 47.7 Å². The number of nitrogens with one attached hydrogen (secondary N) is 2. The van der Waals surface area contributed by atoms with Crippen LogP contribution in [0.4, 0.5) is 0 Å². The van der Waals surface area contributed by atoms with Crippen LogP contribution in [0.25, 0.3) is 16.8 Å². The molecule has 144 valence electrons. The summed E-state index contributed by atoms with van der Waals surface area (Å²) in [6, 6.07) is 12.4. The van der Waals surface area contributed by atoms with Gasteiger partial charge in [-0.05, 0) is 43.4 Å². The van der Waals surface area contributed by atoms with Crippen molar-refractivity contribution in [2.24, 2.45) is 5.41 Å². The number of hydrazine groups is 1. The minimum atomic E-state index is -0.572. The molecule has 0 bridgehead atoms. The highest BCUT2D eigenvalue weighted by atomic mass is 16.5. The van der Waals surface area contributed by atoms with Gasteiger partial charge in [0, 0.05) is 11.1 Å². The van der Waals surface area contributed by atoms with Crippen LogP contribution in [0.2, 0.25) is 0 Å². The lowest BCUT2D eigenvalue weighted by Gasteiger charge is -2.16. The fourth-order valence-electron chi connectivity index (χ4n) is 3.39. The molecular formula is C23H30N2O2. The molecule has 0 aliphatic carbocycles. The molecule has 1 heterocycles. The standard InChI is InChI=1S/C23H30N2O2/c1-4-5-6-7-8-15-27-19-14-10-12-17-11-9-13-18(21(17)19)16-20-23(2,3)22(26)25-24-20/h9-14,16,24H,4-8,15H2,1-3H3,(H,25,26)/b20-16-. The molecule has 4 heteroatoms. The summed E-state index contributed by atoms with van der Waals surface area (Å²) in [5.41, 5.74) is 7.09. The fourth-order valence-corrected chi connectivity index (χ4v) is 3.39. The van der Waals surface area contributed by atoms with Gasteiger partial charge in [0.05, 0.1) is 12.0 Å². The van der Waals surface area contributed by atoms with Gasteiger partial charge in [0.15, 0.2) is 0 Å². The fraction of sp³-hybridized carbons (Fsp3) is 0.435. The summed E-state index contributed by atoms with van der Waals surface area (Å²) in [6.45, 7) is 6.81. The third-order valence-corrected chi connectivity index (χ3v) is 5.26. The summed E-state index contributed by atoms with van der Waals surface area (Å²) in [5, 5.41) is 2.24. The molecule has 0 saturated carbocycles. The minimum Gasteiger partial charge on any atom is -0.493 e. The second-order valence-corrected chi connectivity index (χ2v) is 7.73. The van der Waals surface area contributed by atoms with E-state index in [1.807, 2.05) is 38.1 Å². The Morgan fingerprint density at radius 2 is 1.74 bits per heavy atom. The van der Waals surface area contributed by atoms with Crippen LogP contribution < -0.4 is 15.6 Å². The Morgan fingerprint density at radius 1 is 1.00 bits per heavy atom. The van der Waals surface area contributed by atoms with Crippen LogP contribution in [0, 0.1) is 5.41 Å². The van der Waals surface area contributed by atoms with Crippen LogP contribution >= 0.6 is 0 Å². The van der Waals surface area contributed by atoms with Crippen molar-refractivity contribution < 1.29 is 9.53 Å². The van der Waals surface area contributed by atoms with Crippen LogP contribution in [0.15, 0.2) is 42.1 Å². The van der Waals surface area contributed by atoms with Gasteiger partial charge < -0.3 is 10.2 Å². The topological polar surface area (TPSA) is 50.4 Å². The number of benzene rings is 2. The molecule has 1 aliphatic heterocycles. The van der Waals surface area contributed by atoms with Crippen LogP contribution in [-0.2, 0) is 4.79 Å². The van der Waals surface area contributed by atoms with Crippen molar-refractivity contribution in [3.63, 3.8) is 0 Å². The third kappa shape index (κ3) is 4.26. The van der Waals surface area contributed by atoms with Gasteiger partial charge in [-0.15, -0.1) is 0 Å². The summed E-state index contributed by atoms with van der Waals surface area (Å²) in [4.78, 5) is 12.0. The molecule has 0 spiro atoms. The van der Waals surface area contributed by atoms with Gasteiger partial charge in [0.1, 0.15) is 5.75 Å². The molecule has 1 saturated heterocycles. The number of hydrogen-bond donors (Lipinski definition) is 2. The number of carbonyl (C=O) groups excluding carboxylic acids is 1. The quantitative estimate of drug-likeness (QED) is 0.632. The lowest BCUT2D eigenvalue weighted by molar-refractivity contribution is -0.125. The van der Waals surface area contributed by atoms with Crippen LogP contribution in [0.5, 0.6) is 5.75 Å². The Morgan fingerprint density at radius 3 is 2.44 bits per heavy atom. The van der Waals surface area contributed by atoms with Crippen molar-refractivity contribution in [1.29, 1.82) is 0 Å². The number of rotatable bonds is 8. The van der Waals surface area contributed by atoms with Gasteiger partial charge in [0.2, 0.25) is 5.91 Å². The molecule has 0 atom stereocenters. The zero-order chi connectivity index (χ0) is 19.3. The Kier molecular flexibility index (Phi) is 6.04. The number of fused-ring (bicyclic) bond motifs is 1. The van der Waals surface area contributed by atoms with Crippen molar-refractivity contribution in [1.82, 2.24) is 10.9 Å². The average Bonchev–Trinajstić information content (AvgIpc) is 2.91. The lowest BCUT2D eigenvalue weighted by Crippen LogP contribution is -2.28. The average molecular weight is 367 g/mol. The Labute approximate surface area is 162 Å². The van der Waals surface area contributed by atoms with E-state index in [4.69, 9.17) is 4.74 Å². The highest BCUT2D eigenvalue weighted by Crippen LogP contribution is 2.34. The number of unbranched alkanes of at least 4 members (excludes halogenated alkanes) is 4. The molecule has 2 aromatic carbocycles. The first kappa shape index (κ1) is 19.3. The molecule has 0 aromatic heterocycles. The van der Waals surface area contributed by atoms with E-state index in [1.54, 1.807) is 0 Å². The first-order valence-electron chi connectivity index (χ1n) is 9.97. The van der Waals surface area contributed by atoms with Crippen molar-refractivity contribution >= 4 is 22.8 Å². The maximum atomic E-state index is 12.0. The maximum Gasteiger partial charge on any atom is 0.249 e. The smallest absolute Gasteiger partial charge is 0.249 e. The molecule has 0 radical (unpaired) electrons. The number of ether oxygens (including phenoxy) is 1. The number of carbonyl (C=O) groups is 1. The van der Waals surface area contributed by atoms with E-state index in [0.29, 0.717) is 0 Å². The molecule has 4 nitrogen and oxygen atoms in total. The number of amides is 1. The van der Waals surface area contributed by atoms with Crippen molar-refractivity contribution in [3.8, 4) is 5.75 Å². The predicted molar refractivity (Wildman–Crippen MR) is 111 cm³/mol. The molecule has 27 heavy (non-hydrogen) atoms. The molecule has 1 amide bonds. The second-order valence-electron chi connectivity index (χ2n) is 7.73. The molecule has 1 aliphatic rings. The van der Waals surface area contributed by atoms with E-state index in [-0.39, 0.29) is 5.91 Å². The minimum absolute atomic E-state index is 0.0162. The highest BCUT2D eigenvalue weighted by molar-refractivity contribution is 5.97.